The van der Waals surface area contributed by atoms with Crippen LogP contribution in [0.4, 0.5) is 25.2 Å². The standard InChI is InChI=1S/2C5H5.2C4H11PS.Cu.F6P.Ti/c2*1-2-4-5-3-1;2*1-5(2)3-4-6;;1-7(2,3,4,5)6;/h2*1-5H;2*6H,3-4H2,1-2H3;;;/q;;;;+1;-1;+2/p-2. The molecule has 13 heteroatoms. The van der Waals surface area contributed by atoms with E-state index in [0.29, 0.717) is 15.8 Å². The normalized spacial score (nSPS) is 16.8. The van der Waals surface area contributed by atoms with Crippen molar-refractivity contribution in [3.8, 4) is 0 Å². The molecule has 2 aliphatic rings. The molecule has 2 fully saturated rings. The Morgan fingerprint density at radius 1 is 0.548 bits per heavy atom. The molecule has 0 aromatic heterocycles. The summed E-state index contributed by atoms with van der Waals surface area (Å²) in [6.07, 6.45) is 22.5. The Bertz CT molecular complexity index is 309. The fourth-order valence-corrected chi connectivity index (χ4v) is 3.93. The van der Waals surface area contributed by atoms with Crippen LogP contribution in [-0.2, 0) is 64.0 Å². The molecule has 0 nitrogen and oxygen atoms in total. The summed E-state index contributed by atoms with van der Waals surface area (Å²) in [4.78, 5) is 0. The molecule has 0 N–H and O–H groups in total. The molecular weight excluding hydrogens is 599 g/mol. The van der Waals surface area contributed by atoms with E-state index in [2.05, 4.69) is 26.7 Å². The predicted molar refractivity (Wildman–Crippen MR) is 128 cm³/mol. The molecule has 0 saturated heterocycles. The van der Waals surface area contributed by atoms with Crippen molar-refractivity contribution in [3.63, 3.8) is 0 Å². The fraction of sp³-hybridized carbons (Fsp3) is 0.444. The Kier molecular flexibility index (Phi) is 32.8. The molecule has 0 aromatic carbocycles. The number of hydrogen-bond donors (Lipinski definition) is 0. The molecule has 0 aromatic rings. The summed E-state index contributed by atoms with van der Waals surface area (Å²) in [5, 5.41) is 0. The van der Waals surface area contributed by atoms with Crippen LogP contribution in [0.1, 0.15) is 0 Å². The molecular formula is C18H30CuF6P3S2Ti. The topological polar surface area (TPSA) is 0 Å². The summed E-state index contributed by atoms with van der Waals surface area (Å²) >= 11 is 9.49. The minimum absolute atomic E-state index is 0. The van der Waals surface area contributed by atoms with Crippen LogP contribution < -0.4 is 0 Å². The fourth-order valence-electron chi connectivity index (χ4n) is 1.01. The van der Waals surface area contributed by atoms with Crippen LogP contribution in [0.2, 0.25) is 0 Å². The van der Waals surface area contributed by atoms with Gasteiger partial charge in [0.05, 0.1) is 0 Å². The van der Waals surface area contributed by atoms with Crippen LogP contribution >= 0.6 is 23.7 Å². The minimum atomic E-state index is -10.7. The molecule has 2 saturated carbocycles. The third-order valence-corrected chi connectivity index (χ3v) is 5.44. The average Bonchev–Trinajstić information content (AvgIpc) is 3.24. The number of halogens is 6. The maximum atomic E-state index is 9.87. The van der Waals surface area contributed by atoms with Gasteiger partial charge in [-0.25, -0.2) is 0 Å². The Morgan fingerprint density at radius 2 is 0.677 bits per heavy atom. The molecule has 0 unspecified atom stereocenters. The predicted octanol–water partition coefficient (Wildman–Crippen LogP) is 7.97. The maximum absolute atomic E-state index is 10.7. The van der Waals surface area contributed by atoms with Gasteiger partial charge in [-0.2, -0.15) is 11.5 Å². The van der Waals surface area contributed by atoms with Crippen molar-refractivity contribution in [2.24, 2.45) is 0 Å². The third kappa shape index (κ3) is 88.0. The Balaban J connectivity index is -0.0000000897. The number of hydrogen-bond acceptors (Lipinski definition) is 2. The Hall–Kier alpha value is 2.80. The summed E-state index contributed by atoms with van der Waals surface area (Å²) in [6, 6.07) is 0. The largest absolute Gasteiger partial charge is 2.00 e. The van der Waals surface area contributed by atoms with Gasteiger partial charge in [0.1, 0.15) is 0 Å². The van der Waals surface area contributed by atoms with Crippen molar-refractivity contribution >= 4 is 48.9 Å². The van der Waals surface area contributed by atoms with Crippen LogP contribution in [-0.4, -0.2) is 50.5 Å². The van der Waals surface area contributed by atoms with E-state index in [1.54, 1.807) is 0 Å². The Labute approximate surface area is 226 Å². The van der Waals surface area contributed by atoms with Gasteiger partial charge < -0.3 is 25.3 Å². The third-order valence-electron chi connectivity index (χ3n) is 2.19. The molecule has 186 valence electrons. The van der Waals surface area contributed by atoms with Gasteiger partial charge in [-0.15, -0.1) is 15.8 Å². The van der Waals surface area contributed by atoms with E-state index in [4.69, 9.17) is 25.3 Å². The van der Waals surface area contributed by atoms with E-state index in [9.17, 15) is 25.2 Å². The monoisotopic (exact) mass is 628 g/mol. The smallest absolute Gasteiger partial charge is 0.0312 e. The van der Waals surface area contributed by atoms with Crippen LogP contribution in [0.25, 0.3) is 0 Å². The van der Waals surface area contributed by atoms with Gasteiger partial charge in [0.2, 0.25) is 0 Å². The molecule has 0 atom stereocenters. The summed E-state index contributed by atoms with van der Waals surface area (Å²) in [5.74, 6) is 1.89. The molecule has 0 aliphatic heterocycles. The van der Waals surface area contributed by atoms with Crippen molar-refractivity contribution < 1.29 is 64.0 Å². The van der Waals surface area contributed by atoms with Crippen molar-refractivity contribution in [2.45, 2.75) is 0 Å². The molecule has 0 bridgehead atoms. The van der Waals surface area contributed by atoms with Gasteiger partial charge >= 0.3 is 71.8 Å². The summed E-state index contributed by atoms with van der Waals surface area (Å²) < 4.78 is 59.2. The van der Waals surface area contributed by atoms with Gasteiger partial charge in [-0.3, -0.25) is 0 Å². The second kappa shape index (κ2) is 23.2. The van der Waals surface area contributed by atoms with Crippen molar-refractivity contribution in [1.29, 1.82) is 0 Å². The average molecular weight is 629 g/mol. The van der Waals surface area contributed by atoms with E-state index >= 15 is 0 Å². The molecule has 0 spiro atoms. The molecule has 2 rings (SSSR count). The van der Waals surface area contributed by atoms with E-state index in [1.807, 2.05) is 64.2 Å². The minimum Gasteiger partial charge on any atom is -0.0312 e. The second-order valence-electron chi connectivity index (χ2n) is 5.90. The quantitative estimate of drug-likeness (QED) is 0.134. The van der Waals surface area contributed by atoms with E-state index < -0.39 is 7.81 Å². The summed E-state index contributed by atoms with van der Waals surface area (Å²) in [5.41, 5.74) is 0. The van der Waals surface area contributed by atoms with Gasteiger partial charge in [0.15, 0.2) is 0 Å². The zero-order chi connectivity index (χ0) is 23.5. The summed E-state index contributed by atoms with van der Waals surface area (Å²) in [6.45, 7) is 9.01. The van der Waals surface area contributed by atoms with Crippen molar-refractivity contribution in [2.75, 3.05) is 50.5 Å². The van der Waals surface area contributed by atoms with Gasteiger partial charge in [-0.05, 0) is 90.9 Å². The van der Waals surface area contributed by atoms with E-state index in [1.165, 1.54) is 12.3 Å². The number of rotatable bonds is 4. The van der Waals surface area contributed by atoms with Gasteiger partial charge in [0.25, 0.3) is 0 Å². The first-order valence-corrected chi connectivity index (χ1v) is 16.4. The van der Waals surface area contributed by atoms with Crippen LogP contribution in [0.5, 0.6) is 0 Å². The molecule has 0 amide bonds. The van der Waals surface area contributed by atoms with E-state index in [0.717, 1.165) is 11.5 Å². The second-order valence-corrected chi connectivity index (χ2v) is 13.8. The zero-order valence-electron chi connectivity index (χ0n) is 17.8. The SMILES string of the molecule is CP(C)CC[S-].CP(C)CC[S-].F[P-](F)(F)(F)(F)F.[CH]1[CH][CH][CH][CH]1.[CH]1[CH][CH][CH][CH]1.[Cu+].[Ti+2]. The molecule has 10 radical (unpaired) electrons. The molecule has 0 heterocycles. The molecule has 31 heavy (non-hydrogen) atoms. The van der Waals surface area contributed by atoms with Gasteiger partial charge in [-0.1, -0.05) is 12.3 Å². The first kappa shape index (κ1) is 43.8. The van der Waals surface area contributed by atoms with Crippen LogP contribution in [0, 0.1) is 64.2 Å². The first-order chi connectivity index (χ1) is 13.0. The first-order valence-electron chi connectivity index (χ1n) is 8.35. The maximum Gasteiger partial charge on any atom is 2.00 e. The van der Waals surface area contributed by atoms with Gasteiger partial charge in [0, 0.05) is 0 Å². The Morgan fingerprint density at radius 3 is 0.710 bits per heavy atom. The van der Waals surface area contributed by atoms with Crippen LogP contribution in [0.15, 0.2) is 0 Å². The molecule has 2 aliphatic carbocycles. The zero-order valence-corrected chi connectivity index (χ0v) is 24.6. The van der Waals surface area contributed by atoms with E-state index in [-0.39, 0.29) is 38.8 Å². The summed E-state index contributed by atoms with van der Waals surface area (Å²) in [7, 11) is -10.1. The van der Waals surface area contributed by atoms with Crippen molar-refractivity contribution in [3.05, 3.63) is 64.2 Å². The van der Waals surface area contributed by atoms with Crippen molar-refractivity contribution in [1.82, 2.24) is 0 Å². The van der Waals surface area contributed by atoms with Crippen LogP contribution in [0.3, 0.4) is 0 Å².